The van der Waals surface area contributed by atoms with Crippen LogP contribution in [0.2, 0.25) is 0 Å². The highest BCUT2D eigenvalue weighted by molar-refractivity contribution is 6.05. The van der Waals surface area contributed by atoms with Crippen molar-refractivity contribution in [2.45, 2.75) is 13.8 Å². The molecule has 23 heavy (non-hydrogen) atoms. The Bertz CT molecular complexity index is 725. The summed E-state index contributed by atoms with van der Waals surface area (Å²) < 4.78 is 10.2. The minimum Gasteiger partial charge on any atom is -0.497 e. The van der Waals surface area contributed by atoms with Crippen LogP contribution in [-0.2, 0) is 4.74 Å². The fourth-order valence-corrected chi connectivity index (χ4v) is 1.95. The Hall–Kier alpha value is -2.88. The number of ketones is 1. The highest BCUT2D eigenvalue weighted by Crippen LogP contribution is 2.13. The maximum absolute atomic E-state index is 12.1. The van der Waals surface area contributed by atoms with Crippen LogP contribution in [-0.4, -0.2) is 18.9 Å². The van der Waals surface area contributed by atoms with Gasteiger partial charge in [-0.15, -0.1) is 0 Å². The molecule has 0 saturated carbocycles. The van der Waals surface area contributed by atoms with Crippen LogP contribution >= 0.6 is 0 Å². The van der Waals surface area contributed by atoms with E-state index in [1.807, 2.05) is 19.1 Å². The second kappa shape index (κ2) is 7.40. The summed E-state index contributed by atoms with van der Waals surface area (Å²) in [6, 6.07) is 13.8. The third kappa shape index (κ3) is 4.54. The Morgan fingerprint density at radius 1 is 0.913 bits per heavy atom. The molecule has 0 amide bonds. The Labute approximate surface area is 135 Å². The van der Waals surface area contributed by atoms with Gasteiger partial charge in [-0.25, -0.2) is 4.79 Å². The molecule has 0 aromatic heterocycles. The molecule has 0 fully saturated rings. The van der Waals surface area contributed by atoms with Gasteiger partial charge in [0.1, 0.15) is 11.5 Å². The van der Waals surface area contributed by atoms with Gasteiger partial charge in [-0.3, -0.25) is 4.79 Å². The smallest absolute Gasteiger partial charge is 0.343 e. The fourth-order valence-electron chi connectivity index (χ4n) is 1.95. The minimum absolute atomic E-state index is 0.234. The molecule has 2 rings (SSSR count). The van der Waals surface area contributed by atoms with Gasteiger partial charge in [0.05, 0.1) is 12.7 Å². The lowest BCUT2D eigenvalue weighted by molar-refractivity contribution is 0.0625. The summed E-state index contributed by atoms with van der Waals surface area (Å²) >= 11 is 0. The Kier molecular flexibility index (Phi) is 5.31. The predicted molar refractivity (Wildman–Crippen MR) is 87.7 cm³/mol. The second-order valence-corrected chi connectivity index (χ2v) is 5.10. The number of aryl methyl sites for hydroxylation is 1. The lowest BCUT2D eigenvalue weighted by atomic mass is 10.1. The topological polar surface area (TPSA) is 52.6 Å². The van der Waals surface area contributed by atoms with Crippen LogP contribution in [0.1, 0.15) is 33.2 Å². The van der Waals surface area contributed by atoms with Crippen LogP contribution < -0.4 is 4.74 Å². The van der Waals surface area contributed by atoms with Gasteiger partial charge < -0.3 is 9.47 Å². The molecular weight excluding hydrogens is 292 g/mol. The van der Waals surface area contributed by atoms with E-state index >= 15 is 0 Å². The Morgan fingerprint density at radius 2 is 1.48 bits per heavy atom. The first kappa shape index (κ1) is 16.5. The molecule has 0 aliphatic heterocycles. The van der Waals surface area contributed by atoms with Crippen LogP contribution in [0.4, 0.5) is 0 Å². The van der Waals surface area contributed by atoms with Crippen LogP contribution in [0.5, 0.6) is 5.75 Å². The summed E-state index contributed by atoms with van der Waals surface area (Å²) in [7, 11) is 1.56. The van der Waals surface area contributed by atoms with Crippen molar-refractivity contribution < 1.29 is 19.1 Å². The van der Waals surface area contributed by atoms with Gasteiger partial charge in [0.25, 0.3) is 0 Å². The fraction of sp³-hybridized carbons (Fsp3) is 0.158. The Balaban J connectivity index is 2.04. The van der Waals surface area contributed by atoms with E-state index in [4.69, 9.17) is 9.47 Å². The molecule has 0 aliphatic rings. The van der Waals surface area contributed by atoms with Crippen molar-refractivity contribution in [3.05, 3.63) is 77.1 Å². The number of carbonyl (C=O) groups is 2. The maximum atomic E-state index is 12.1. The first-order chi connectivity index (χ1) is 11.0. The molecular formula is C19H18O4. The van der Waals surface area contributed by atoms with E-state index in [9.17, 15) is 9.59 Å². The van der Waals surface area contributed by atoms with E-state index in [1.165, 1.54) is 6.08 Å². The van der Waals surface area contributed by atoms with Crippen molar-refractivity contribution >= 4 is 11.8 Å². The maximum Gasteiger partial charge on any atom is 0.343 e. The molecule has 0 aliphatic carbocycles. The number of hydrogen-bond acceptors (Lipinski definition) is 4. The molecule has 4 nitrogen and oxygen atoms in total. The van der Waals surface area contributed by atoms with Gasteiger partial charge in [-0.1, -0.05) is 17.7 Å². The molecule has 0 saturated heterocycles. The summed E-state index contributed by atoms with van der Waals surface area (Å²) in [5.41, 5.74) is 2.00. The summed E-state index contributed by atoms with van der Waals surface area (Å²) in [4.78, 5) is 24.1. The number of rotatable bonds is 5. The third-order valence-corrected chi connectivity index (χ3v) is 3.25. The zero-order valence-corrected chi connectivity index (χ0v) is 13.3. The molecule has 2 aromatic carbocycles. The van der Waals surface area contributed by atoms with Crippen LogP contribution in [0.25, 0.3) is 0 Å². The minimum atomic E-state index is -0.485. The number of methoxy groups -OCH3 is 1. The highest BCUT2D eigenvalue weighted by atomic mass is 16.5. The highest BCUT2D eigenvalue weighted by Gasteiger charge is 2.10. The Morgan fingerprint density at radius 3 is 2.04 bits per heavy atom. The van der Waals surface area contributed by atoms with Crippen molar-refractivity contribution in [1.82, 2.24) is 0 Å². The number of allylic oxidation sites excluding steroid dienone is 2. The van der Waals surface area contributed by atoms with Crippen molar-refractivity contribution in [1.29, 1.82) is 0 Å². The van der Waals surface area contributed by atoms with Crippen molar-refractivity contribution in [3.63, 3.8) is 0 Å². The lowest BCUT2D eigenvalue weighted by Crippen LogP contribution is -2.05. The number of carbonyl (C=O) groups excluding carboxylic acids is 2. The van der Waals surface area contributed by atoms with Crippen LogP contribution in [0.15, 0.2) is 60.4 Å². The molecule has 2 aromatic rings. The number of benzene rings is 2. The van der Waals surface area contributed by atoms with Gasteiger partial charge in [0, 0.05) is 11.6 Å². The molecule has 0 N–H and O–H groups in total. The third-order valence-electron chi connectivity index (χ3n) is 3.25. The summed E-state index contributed by atoms with van der Waals surface area (Å²) in [5.74, 6) is 0.201. The van der Waals surface area contributed by atoms with Crippen molar-refractivity contribution in [3.8, 4) is 5.75 Å². The largest absolute Gasteiger partial charge is 0.497 e. The lowest BCUT2D eigenvalue weighted by Gasteiger charge is -2.05. The summed E-state index contributed by atoms with van der Waals surface area (Å²) in [5, 5.41) is 0. The predicted octanol–water partition coefficient (Wildman–Crippen LogP) is 3.95. The van der Waals surface area contributed by atoms with Gasteiger partial charge in [-0.05, 0) is 50.2 Å². The molecule has 0 spiro atoms. The molecule has 118 valence electrons. The van der Waals surface area contributed by atoms with E-state index in [1.54, 1.807) is 50.4 Å². The molecule has 4 heteroatoms. The van der Waals surface area contributed by atoms with E-state index in [0.29, 0.717) is 16.9 Å². The van der Waals surface area contributed by atoms with E-state index in [2.05, 4.69) is 0 Å². The van der Waals surface area contributed by atoms with Crippen LogP contribution in [0, 0.1) is 6.92 Å². The van der Waals surface area contributed by atoms with Gasteiger partial charge in [0.2, 0.25) is 0 Å². The van der Waals surface area contributed by atoms with Crippen molar-refractivity contribution in [2.75, 3.05) is 7.11 Å². The normalized spacial score (nSPS) is 11.0. The quantitative estimate of drug-likeness (QED) is 0.363. The zero-order valence-electron chi connectivity index (χ0n) is 13.3. The van der Waals surface area contributed by atoms with E-state index < -0.39 is 5.97 Å². The van der Waals surface area contributed by atoms with Crippen LogP contribution in [0.3, 0.4) is 0 Å². The van der Waals surface area contributed by atoms with E-state index in [-0.39, 0.29) is 11.5 Å². The summed E-state index contributed by atoms with van der Waals surface area (Å²) in [6.07, 6.45) is 1.30. The average molecular weight is 310 g/mol. The second-order valence-electron chi connectivity index (χ2n) is 5.10. The zero-order chi connectivity index (χ0) is 16.8. The number of esters is 1. The first-order valence-electron chi connectivity index (χ1n) is 7.15. The average Bonchev–Trinajstić information content (AvgIpc) is 2.55. The molecule has 0 radical (unpaired) electrons. The monoisotopic (exact) mass is 310 g/mol. The van der Waals surface area contributed by atoms with Crippen molar-refractivity contribution in [2.24, 2.45) is 0 Å². The standard InChI is InChI=1S/C19H18O4/c1-13-4-6-16(7-5-13)19(21)23-14(2)12-18(20)15-8-10-17(22-3)11-9-15/h4-12H,1-3H3/b14-12+. The molecule has 0 unspecified atom stereocenters. The molecule has 0 atom stereocenters. The van der Waals surface area contributed by atoms with E-state index in [0.717, 1.165) is 5.56 Å². The summed E-state index contributed by atoms with van der Waals surface area (Å²) in [6.45, 7) is 3.52. The number of ether oxygens (including phenoxy) is 2. The molecule has 0 heterocycles. The van der Waals surface area contributed by atoms with Gasteiger partial charge in [0.15, 0.2) is 5.78 Å². The molecule has 0 bridgehead atoms. The van der Waals surface area contributed by atoms with Gasteiger partial charge >= 0.3 is 5.97 Å². The first-order valence-corrected chi connectivity index (χ1v) is 7.15. The number of hydrogen-bond donors (Lipinski definition) is 0. The SMILES string of the molecule is COc1ccc(C(=O)/C=C(\C)OC(=O)c2ccc(C)cc2)cc1. The van der Waals surface area contributed by atoms with Gasteiger partial charge in [-0.2, -0.15) is 0 Å².